The summed E-state index contributed by atoms with van der Waals surface area (Å²) in [5, 5.41) is 27.2. The number of allylic oxidation sites excluding steroid dienone is 8. The fourth-order valence-corrected chi connectivity index (χ4v) is 5.60. The third kappa shape index (κ3) is 5.74. The van der Waals surface area contributed by atoms with Crippen molar-refractivity contribution in [3.63, 3.8) is 0 Å². The SMILES string of the molecule is N=C1C=CC(=c2ccc(=c3ccc(=c4ccc(=c5ccc(=c6ccc(=C7C=CC(=N)C=C7)cc6)cc5)cc4)cc3)cc2)C=C1. The summed E-state index contributed by atoms with van der Waals surface area (Å²) in [6.45, 7) is 0. The fourth-order valence-electron chi connectivity index (χ4n) is 5.60. The number of rotatable bonds is 0. The average Bonchev–Trinajstić information content (AvgIpc) is 3.09. The molecule has 0 radical (unpaired) electrons. The molecule has 2 heteroatoms. The molecule has 0 saturated heterocycles. The maximum atomic E-state index is 7.69. The van der Waals surface area contributed by atoms with Gasteiger partial charge in [0.15, 0.2) is 0 Å². The molecule has 7 rings (SSSR count). The smallest absolute Gasteiger partial charge is 0.0540 e. The zero-order chi connectivity index (χ0) is 29.9. The van der Waals surface area contributed by atoms with Gasteiger partial charge in [-0.3, -0.25) is 0 Å². The molecule has 0 aromatic heterocycles. The van der Waals surface area contributed by atoms with E-state index in [0.29, 0.717) is 11.4 Å². The van der Waals surface area contributed by atoms with Gasteiger partial charge in [0, 0.05) is 0 Å². The van der Waals surface area contributed by atoms with E-state index >= 15 is 0 Å². The van der Waals surface area contributed by atoms with Gasteiger partial charge in [0.25, 0.3) is 0 Å². The van der Waals surface area contributed by atoms with E-state index in [1.165, 1.54) is 41.7 Å². The first-order valence-electron chi connectivity index (χ1n) is 14.7. The molecule has 0 bridgehead atoms. The largest absolute Gasteiger partial charge is 0.301 e. The predicted molar refractivity (Wildman–Crippen MR) is 181 cm³/mol. The van der Waals surface area contributed by atoms with Gasteiger partial charge in [-0.05, 0) is 87.6 Å². The van der Waals surface area contributed by atoms with E-state index in [4.69, 9.17) is 10.8 Å². The van der Waals surface area contributed by atoms with Gasteiger partial charge in [-0.25, -0.2) is 0 Å². The quantitative estimate of drug-likeness (QED) is 0.197. The van der Waals surface area contributed by atoms with Crippen LogP contribution < -0.4 is 10.4 Å². The van der Waals surface area contributed by atoms with E-state index in [1.807, 2.05) is 48.6 Å². The third-order valence-electron chi connectivity index (χ3n) is 8.19. The van der Waals surface area contributed by atoms with Crippen LogP contribution in [0.25, 0.3) is 11.1 Å². The molecule has 2 aliphatic rings. The lowest BCUT2D eigenvalue weighted by Crippen LogP contribution is -2.04. The van der Waals surface area contributed by atoms with Crippen LogP contribution in [0.3, 0.4) is 0 Å². The molecular formula is C42H30N2. The van der Waals surface area contributed by atoms with Crippen LogP contribution in [-0.4, -0.2) is 11.4 Å². The molecule has 0 spiro atoms. The molecule has 5 aromatic rings. The molecule has 2 nitrogen and oxygen atoms in total. The van der Waals surface area contributed by atoms with Crippen LogP contribution in [0.4, 0.5) is 0 Å². The van der Waals surface area contributed by atoms with Crippen LogP contribution in [0.15, 0.2) is 170 Å². The van der Waals surface area contributed by atoms with E-state index in [9.17, 15) is 0 Å². The van der Waals surface area contributed by atoms with Gasteiger partial charge >= 0.3 is 0 Å². The van der Waals surface area contributed by atoms with E-state index in [0.717, 1.165) is 21.6 Å². The Morgan fingerprint density at radius 3 is 0.545 bits per heavy atom. The summed E-state index contributed by atoms with van der Waals surface area (Å²) in [6, 6.07) is 43.5. The Morgan fingerprint density at radius 2 is 0.364 bits per heavy atom. The number of hydrogen-bond donors (Lipinski definition) is 2. The Kier molecular flexibility index (Phi) is 7.24. The second-order valence-electron chi connectivity index (χ2n) is 11.0. The normalized spacial score (nSPS) is 14.0. The Bertz CT molecular complexity index is 2300. The first-order valence-corrected chi connectivity index (χ1v) is 14.7. The highest BCUT2D eigenvalue weighted by Crippen LogP contribution is 2.08. The first kappa shape index (κ1) is 27.0. The van der Waals surface area contributed by atoms with Crippen molar-refractivity contribution in [3.05, 3.63) is 222 Å². The molecule has 2 N–H and O–H groups in total. The van der Waals surface area contributed by atoms with Crippen molar-refractivity contribution in [1.82, 2.24) is 0 Å². The molecular weight excluding hydrogens is 532 g/mol. The van der Waals surface area contributed by atoms with Gasteiger partial charge in [-0.1, -0.05) is 146 Å². The topological polar surface area (TPSA) is 47.7 Å². The van der Waals surface area contributed by atoms with E-state index in [-0.39, 0.29) is 0 Å². The summed E-state index contributed by atoms with van der Waals surface area (Å²) in [7, 11) is 0. The van der Waals surface area contributed by atoms with E-state index in [2.05, 4.69) is 121 Å². The molecule has 0 amide bonds. The highest BCUT2D eigenvalue weighted by atomic mass is 14.4. The Balaban J connectivity index is 1.20. The van der Waals surface area contributed by atoms with Crippen molar-refractivity contribution in [1.29, 1.82) is 10.8 Å². The molecule has 2 aliphatic carbocycles. The second kappa shape index (κ2) is 11.8. The molecule has 0 saturated carbocycles. The Hall–Kier alpha value is -5.86. The second-order valence-corrected chi connectivity index (χ2v) is 11.0. The Labute approximate surface area is 255 Å². The standard InChI is InChI=1S/C42H30N2/c43-41-25-21-39(22-26-41)37-17-13-35(14-18-37)33-9-5-31(6-10-33)29-1-2-30(4-3-29)32-7-11-34(12-8-32)36-15-19-38(20-16-36)40-23-27-42(44)28-24-40/h1-28,43-44H. The van der Waals surface area contributed by atoms with Gasteiger partial charge in [0.05, 0.1) is 11.4 Å². The zero-order valence-electron chi connectivity index (χ0n) is 24.2. The summed E-state index contributed by atoms with van der Waals surface area (Å²) in [4.78, 5) is 0. The third-order valence-corrected chi connectivity index (χ3v) is 8.19. The molecule has 0 unspecified atom stereocenters. The summed E-state index contributed by atoms with van der Waals surface area (Å²) >= 11 is 0. The summed E-state index contributed by atoms with van der Waals surface area (Å²) in [5.41, 5.74) is 3.31. The highest BCUT2D eigenvalue weighted by Gasteiger charge is 1.98. The van der Waals surface area contributed by atoms with Crippen LogP contribution in [0, 0.1) is 52.6 Å². The van der Waals surface area contributed by atoms with E-state index < -0.39 is 0 Å². The Morgan fingerprint density at radius 1 is 0.205 bits per heavy atom. The zero-order valence-corrected chi connectivity index (χ0v) is 24.2. The molecule has 0 aliphatic heterocycles. The summed E-state index contributed by atoms with van der Waals surface area (Å²) in [5.74, 6) is 0. The summed E-state index contributed by atoms with van der Waals surface area (Å²) in [6.07, 6.45) is 15.3. The van der Waals surface area contributed by atoms with Crippen LogP contribution in [0.2, 0.25) is 0 Å². The monoisotopic (exact) mass is 562 g/mol. The van der Waals surface area contributed by atoms with Crippen molar-refractivity contribution < 1.29 is 0 Å². The molecule has 208 valence electrons. The van der Waals surface area contributed by atoms with Crippen molar-refractivity contribution in [2.24, 2.45) is 0 Å². The van der Waals surface area contributed by atoms with Crippen molar-refractivity contribution in [2.75, 3.05) is 0 Å². The molecule has 0 fully saturated rings. The average molecular weight is 563 g/mol. The molecule has 5 aromatic carbocycles. The maximum Gasteiger partial charge on any atom is 0.0540 e. The van der Waals surface area contributed by atoms with Crippen LogP contribution in [-0.2, 0) is 0 Å². The van der Waals surface area contributed by atoms with Crippen molar-refractivity contribution in [3.8, 4) is 0 Å². The number of hydrogen-bond acceptors (Lipinski definition) is 2. The maximum absolute atomic E-state index is 7.69. The van der Waals surface area contributed by atoms with Gasteiger partial charge in [0.2, 0.25) is 0 Å². The van der Waals surface area contributed by atoms with Gasteiger partial charge in [-0.15, -0.1) is 0 Å². The van der Waals surface area contributed by atoms with E-state index in [1.54, 1.807) is 0 Å². The van der Waals surface area contributed by atoms with Crippen molar-refractivity contribution >= 4 is 22.6 Å². The minimum absolute atomic E-state index is 0.530. The lowest BCUT2D eigenvalue weighted by Gasteiger charge is -2.01. The fraction of sp³-hybridized carbons (Fsp3) is 0. The number of benzene rings is 5. The lowest BCUT2D eigenvalue weighted by atomic mass is 10.0. The summed E-state index contributed by atoms with van der Waals surface area (Å²) < 4.78 is 0. The van der Waals surface area contributed by atoms with Crippen LogP contribution >= 0.6 is 0 Å². The first-order chi connectivity index (χ1) is 21.6. The van der Waals surface area contributed by atoms with Crippen LogP contribution in [0.1, 0.15) is 0 Å². The lowest BCUT2D eigenvalue weighted by molar-refractivity contribution is 1.40. The van der Waals surface area contributed by atoms with Gasteiger partial charge in [-0.2, -0.15) is 0 Å². The molecule has 0 heterocycles. The predicted octanol–water partition coefficient (Wildman–Crippen LogP) is 7.43. The molecule has 0 atom stereocenters. The minimum Gasteiger partial charge on any atom is -0.301 e. The van der Waals surface area contributed by atoms with Crippen molar-refractivity contribution in [2.45, 2.75) is 0 Å². The highest BCUT2D eigenvalue weighted by molar-refractivity contribution is 6.07. The van der Waals surface area contributed by atoms with Crippen LogP contribution in [0.5, 0.6) is 0 Å². The van der Waals surface area contributed by atoms with Gasteiger partial charge in [0.1, 0.15) is 0 Å². The number of nitrogens with one attached hydrogen (secondary N) is 2. The minimum atomic E-state index is 0.530. The molecule has 44 heavy (non-hydrogen) atoms. The van der Waals surface area contributed by atoms with Gasteiger partial charge < -0.3 is 10.8 Å².